The summed E-state index contributed by atoms with van der Waals surface area (Å²) in [6.07, 6.45) is 4.39. The number of aliphatic hydroxyl groups is 1. The summed E-state index contributed by atoms with van der Waals surface area (Å²) < 4.78 is 1.02. The fraction of sp³-hybridized carbons (Fsp3) is 1.00. The van der Waals surface area contributed by atoms with Gasteiger partial charge in [-0.3, -0.25) is 0 Å². The number of unbranched alkanes of at least 4 members (excludes halogenated alkanes) is 1. The van der Waals surface area contributed by atoms with E-state index in [1.54, 1.807) is 0 Å². The quantitative estimate of drug-likeness (QED) is 0.599. The van der Waals surface area contributed by atoms with Crippen LogP contribution in [-0.4, -0.2) is 42.4 Å². The zero-order chi connectivity index (χ0) is 11.0. The van der Waals surface area contributed by atoms with Gasteiger partial charge in [0.1, 0.15) is 12.6 Å². The highest BCUT2D eigenvalue weighted by Gasteiger charge is 2.21. The summed E-state index contributed by atoms with van der Waals surface area (Å²) in [6, 6.07) is 0. The van der Waals surface area contributed by atoms with Crippen LogP contribution in [0.25, 0.3) is 0 Å². The first-order valence-electron chi connectivity index (χ1n) is 6.09. The zero-order valence-electron chi connectivity index (χ0n) is 10.4. The molecule has 0 aromatic heterocycles. The number of nitrogens with zero attached hydrogens (tertiary/aromatic N) is 1. The number of hydrogen-bond donors (Lipinski definition) is 1. The second-order valence-electron chi connectivity index (χ2n) is 4.64. The first kappa shape index (κ1) is 13.9. The molecule has 0 bridgehead atoms. The number of likely N-dealkylation sites (N-methyl/N-ethyl adjacent to an activating group) is 1. The maximum atomic E-state index is 9.86. The summed E-state index contributed by atoms with van der Waals surface area (Å²) >= 11 is 0. The van der Waals surface area contributed by atoms with Gasteiger partial charge < -0.3 is 9.59 Å². The predicted molar refractivity (Wildman–Crippen MR) is 62.3 cm³/mol. The van der Waals surface area contributed by atoms with Crippen LogP contribution in [0.4, 0.5) is 0 Å². The van der Waals surface area contributed by atoms with E-state index in [9.17, 15) is 5.11 Å². The van der Waals surface area contributed by atoms with E-state index in [1.807, 2.05) is 0 Å². The van der Waals surface area contributed by atoms with Crippen molar-refractivity contribution in [1.82, 2.24) is 0 Å². The minimum Gasteiger partial charge on any atom is -0.387 e. The number of rotatable bonds is 8. The largest absolute Gasteiger partial charge is 0.387 e. The molecule has 1 N–H and O–H groups in total. The normalized spacial score (nSPS) is 17.8. The molecular weight excluding hydrogens is 174 g/mol. The van der Waals surface area contributed by atoms with E-state index in [0.29, 0.717) is 0 Å². The Hall–Kier alpha value is -0.0800. The van der Waals surface area contributed by atoms with Gasteiger partial charge in [-0.2, -0.15) is 0 Å². The highest BCUT2D eigenvalue weighted by Crippen LogP contribution is 2.09. The lowest BCUT2D eigenvalue weighted by molar-refractivity contribution is -0.910. The Morgan fingerprint density at radius 3 is 2.21 bits per heavy atom. The Labute approximate surface area is 89.5 Å². The molecule has 0 radical (unpaired) electrons. The molecule has 1 unspecified atom stereocenters. The van der Waals surface area contributed by atoms with E-state index < -0.39 is 0 Å². The molecule has 0 aromatic carbocycles. The van der Waals surface area contributed by atoms with Crippen LogP contribution in [0.1, 0.15) is 46.5 Å². The molecular formula is C12H28NO+. The van der Waals surface area contributed by atoms with E-state index in [1.165, 1.54) is 19.4 Å². The summed E-state index contributed by atoms with van der Waals surface area (Å²) in [5.41, 5.74) is 0. The van der Waals surface area contributed by atoms with Crippen molar-refractivity contribution >= 4 is 0 Å². The summed E-state index contributed by atoms with van der Waals surface area (Å²) in [7, 11) is 2.25. The summed E-state index contributed by atoms with van der Waals surface area (Å²) in [5.74, 6) is 0. The van der Waals surface area contributed by atoms with Gasteiger partial charge in [-0.1, -0.05) is 26.7 Å². The number of quaternary nitrogens is 1. The first-order valence-corrected chi connectivity index (χ1v) is 6.09. The van der Waals surface area contributed by atoms with E-state index in [-0.39, 0.29) is 6.10 Å². The topological polar surface area (TPSA) is 20.2 Å². The van der Waals surface area contributed by atoms with Crippen molar-refractivity contribution < 1.29 is 9.59 Å². The van der Waals surface area contributed by atoms with E-state index in [2.05, 4.69) is 27.8 Å². The molecule has 0 amide bonds. The minimum absolute atomic E-state index is 0.105. The third kappa shape index (κ3) is 5.61. The van der Waals surface area contributed by atoms with Gasteiger partial charge in [0.25, 0.3) is 0 Å². The van der Waals surface area contributed by atoms with Crippen molar-refractivity contribution in [3.8, 4) is 0 Å². The highest BCUT2D eigenvalue weighted by atomic mass is 16.3. The molecule has 0 aliphatic heterocycles. The molecule has 0 aromatic rings. The van der Waals surface area contributed by atoms with Crippen molar-refractivity contribution in [2.45, 2.75) is 52.6 Å². The lowest BCUT2D eigenvalue weighted by atomic mass is 10.1. The Morgan fingerprint density at radius 1 is 1.14 bits per heavy atom. The SMILES string of the molecule is CCCCC(O)C[N@+](C)(CC)CCC. The molecule has 2 atom stereocenters. The van der Waals surface area contributed by atoms with E-state index >= 15 is 0 Å². The lowest BCUT2D eigenvalue weighted by Gasteiger charge is -2.35. The van der Waals surface area contributed by atoms with E-state index in [0.717, 1.165) is 30.4 Å². The molecule has 0 saturated heterocycles. The van der Waals surface area contributed by atoms with Crippen LogP contribution in [0.5, 0.6) is 0 Å². The molecule has 14 heavy (non-hydrogen) atoms. The van der Waals surface area contributed by atoms with Gasteiger partial charge in [0.2, 0.25) is 0 Å². The van der Waals surface area contributed by atoms with Crippen molar-refractivity contribution in [2.24, 2.45) is 0 Å². The van der Waals surface area contributed by atoms with Gasteiger partial charge in [0.05, 0.1) is 20.1 Å². The number of aliphatic hydroxyl groups excluding tert-OH is 1. The molecule has 0 heterocycles. The molecule has 86 valence electrons. The second-order valence-corrected chi connectivity index (χ2v) is 4.64. The second kappa shape index (κ2) is 7.24. The van der Waals surface area contributed by atoms with Crippen LogP contribution in [0.15, 0.2) is 0 Å². The van der Waals surface area contributed by atoms with Gasteiger partial charge in [0, 0.05) is 0 Å². The molecule has 0 fully saturated rings. The van der Waals surface area contributed by atoms with Crippen molar-refractivity contribution in [3.05, 3.63) is 0 Å². The Morgan fingerprint density at radius 2 is 1.79 bits per heavy atom. The summed E-state index contributed by atoms with van der Waals surface area (Å²) in [5, 5.41) is 9.86. The standard InChI is InChI=1S/C12H28NO/c1-5-8-9-12(14)11-13(4,7-3)10-6-2/h12,14H,5-11H2,1-4H3/q+1/t12?,13-/m1/s1. The molecule has 0 aliphatic carbocycles. The van der Waals surface area contributed by atoms with Crippen LogP contribution in [0.3, 0.4) is 0 Å². The average molecular weight is 202 g/mol. The monoisotopic (exact) mass is 202 g/mol. The van der Waals surface area contributed by atoms with Crippen molar-refractivity contribution in [1.29, 1.82) is 0 Å². The third-order valence-corrected chi connectivity index (χ3v) is 3.07. The van der Waals surface area contributed by atoms with Gasteiger partial charge in [-0.15, -0.1) is 0 Å². The lowest BCUT2D eigenvalue weighted by Crippen LogP contribution is -2.49. The molecule has 2 nitrogen and oxygen atoms in total. The van der Waals surface area contributed by atoms with Crippen molar-refractivity contribution in [3.63, 3.8) is 0 Å². The van der Waals surface area contributed by atoms with Gasteiger partial charge in [0.15, 0.2) is 0 Å². The van der Waals surface area contributed by atoms with Crippen LogP contribution in [-0.2, 0) is 0 Å². The third-order valence-electron chi connectivity index (χ3n) is 3.07. The fourth-order valence-corrected chi connectivity index (χ4v) is 1.96. The Bertz CT molecular complexity index is 138. The maximum Gasteiger partial charge on any atom is 0.105 e. The van der Waals surface area contributed by atoms with Gasteiger partial charge in [-0.25, -0.2) is 0 Å². The Balaban J connectivity index is 3.89. The van der Waals surface area contributed by atoms with Crippen LogP contribution in [0, 0.1) is 0 Å². The van der Waals surface area contributed by atoms with Crippen molar-refractivity contribution in [2.75, 3.05) is 26.7 Å². The van der Waals surface area contributed by atoms with E-state index in [4.69, 9.17) is 0 Å². The Kier molecular flexibility index (Phi) is 7.20. The number of hydrogen-bond acceptors (Lipinski definition) is 1. The van der Waals surface area contributed by atoms with Crippen LogP contribution >= 0.6 is 0 Å². The maximum absolute atomic E-state index is 9.86. The first-order chi connectivity index (χ1) is 6.58. The molecule has 0 rings (SSSR count). The van der Waals surface area contributed by atoms with Gasteiger partial charge >= 0.3 is 0 Å². The van der Waals surface area contributed by atoms with Crippen LogP contribution in [0.2, 0.25) is 0 Å². The summed E-state index contributed by atoms with van der Waals surface area (Å²) in [4.78, 5) is 0. The minimum atomic E-state index is -0.105. The van der Waals surface area contributed by atoms with Crippen LogP contribution < -0.4 is 0 Å². The predicted octanol–water partition coefficient (Wildman–Crippen LogP) is 2.41. The molecule has 0 spiro atoms. The smallest absolute Gasteiger partial charge is 0.105 e. The zero-order valence-corrected chi connectivity index (χ0v) is 10.4. The molecule has 2 heteroatoms. The van der Waals surface area contributed by atoms with Gasteiger partial charge in [-0.05, 0) is 19.8 Å². The molecule has 0 aliphatic rings. The average Bonchev–Trinajstić information content (AvgIpc) is 2.15. The molecule has 0 saturated carbocycles. The fourth-order valence-electron chi connectivity index (χ4n) is 1.96. The summed E-state index contributed by atoms with van der Waals surface area (Å²) in [6.45, 7) is 9.82. The highest BCUT2D eigenvalue weighted by molar-refractivity contribution is 4.54.